The van der Waals surface area contributed by atoms with Crippen molar-refractivity contribution >= 4 is 11.9 Å². The van der Waals surface area contributed by atoms with Crippen molar-refractivity contribution < 1.29 is 28.5 Å². The van der Waals surface area contributed by atoms with Crippen LogP contribution in [0.5, 0.6) is 11.5 Å². The van der Waals surface area contributed by atoms with Gasteiger partial charge >= 0.3 is 5.97 Å². The third-order valence-corrected chi connectivity index (χ3v) is 6.16. The normalized spacial score (nSPS) is 12.1. The van der Waals surface area contributed by atoms with E-state index in [0.29, 0.717) is 25.4 Å². The predicted octanol–water partition coefficient (Wildman–Crippen LogP) is 6.10. The predicted molar refractivity (Wildman–Crippen MR) is 145 cm³/mol. The number of unbranched alkanes of at least 4 members (excludes halogenated alkanes) is 4. The molecule has 0 aliphatic heterocycles. The molecule has 37 heavy (non-hydrogen) atoms. The quantitative estimate of drug-likeness (QED) is 0.199. The van der Waals surface area contributed by atoms with Crippen LogP contribution in [0.2, 0.25) is 0 Å². The summed E-state index contributed by atoms with van der Waals surface area (Å²) in [4.78, 5) is 27.7. The molecule has 2 aromatic carbocycles. The average Bonchev–Trinajstić information content (AvgIpc) is 2.89. The second-order valence-corrected chi connectivity index (χ2v) is 9.54. The molecule has 0 spiro atoms. The van der Waals surface area contributed by atoms with Crippen LogP contribution in [0.3, 0.4) is 0 Å². The minimum atomic E-state index is -1.10. The fraction of sp³-hybridized carbons (Fsp3) is 0.533. The molecule has 0 aliphatic carbocycles. The Hall–Kier alpha value is -3.06. The van der Waals surface area contributed by atoms with Crippen LogP contribution in [-0.2, 0) is 25.6 Å². The molecule has 2 rings (SSSR count). The summed E-state index contributed by atoms with van der Waals surface area (Å²) in [5.41, 5.74) is 0.657. The summed E-state index contributed by atoms with van der Waals surface area (Å²) >= 11 is 0. The molecule has 1 atom stereocenters. The lowest BCUT2D eigenvalue weighted by molar-refractivity contribution is -0.158. The Morgan fingerprint density at radius 1 is 0.865 bits per heavy atom. The maximum absolute atomic E-state index is 13.6. The Balaban J connectivity index is 2.16. The number of benzene rings is 2. The summed E-state index contributed by atoms with van der Waals surface area (Å²) in [6.45, 7) is 8.71. The summed E-state index contributed by atoms with van der Waals surface area (Å²) in [6.07, 6.45) is 4.84. The first-order valence-corrected chi connectivity index (χ1v) is 13.2. The molecule has 0 fully saturated rings. The maximum Gasteiger partial charge on any atom is 0.349 e. The molecule has 0 heterocycles. The van der Waals surface area contributed by atoms with Gasteiger partial charge in [0.05, 0.1) is 13.7 Å². The number of carbonyl (C=O) groups excluding carboxylic acids is 2. The van der Waals surface area contributed by atoms with Gasteiger partial charge in [-0.05, 0) is 62.6 Å². The Bertz CT molecular complexity index is 955. The molecule has 0 bridgehead atoms. The first kappa shape index (κ1) is 30.2. The van der Waals surface area contributed by atoms with Crippen LogP contribution in [-0.4, -0.2) is 49.7 Å². The number of ether oxygens (including phenoxy) is 4. The molecule has 7 heteroatoms. The number of hydrogen-bond donors (Lipinski definition) is 0. The third kappa shape index (κ3) is 9.39. The van der Waals surface area contributed by atoms with Gasteiger partial charge in [-0.1, -0.05) is 56.9 Å². The second kappa shape index (κ2) is 15.3. The van der Waals surface area contributed by atoms with E-state index in [4.69, 9.17) is 18.9 Å². The number of nitrogens with zero attached hydrogens (tertiary/aromatic N) is 1. The highest BCUT2D eigenvalue weighted by Gasteiger charge is 2.31. The van der Waals surface area contributed by atoms with E-state index in [-0.39, 0.29) is 5.91 Å². The van der Waals surface area contributed by atoms with E-state index in [2.05, 4.69) is 6.92 Å². The molecular weight excluding hydrogens is 470 g/mol. The number of amides is 1. The molecule has 2 aromatic rings. The first-order valence-electron chi connectivity index (χ1n) is 13.2. The van der Waals surface area contributed by atoms with Crippen LogP contribution in [0.4, 0.5) is 0 Å². The van der Waals surface area contributed by atoms with Crippen molar-refractivity contribution in [3.05, 3.63) is 59.7 Å². The second-order valence-electron chi connectivity index (χ2n) is 9.54. The van der Waals surface area contributed by atoms with Crippen molar-refractivity contribution in [2.75, 3.05) is 27.4 Å². The van der Waals surface area contributed by atoms with Gasteiger partial charge in [-0.15, -0.1) is 0 Å². The van der Waals surface area contributed by atoms with Gasteiger partial charge in [-0.3, -0.25) is 4.79 Å². The van der Waals surface area contributed by atoms with Crippen LogP contribution in [0.1, 0.15) is 77.0 Å². The number of hydrogen-bond acceptors (Lipinski definition) is 6. The number of esters is 1. The maximum atomic E-state index is 13.6. The average molecular weight is 514 g/mol. The molecule has 0 saturated carbocycles. The lowest BCUT2D eigenvalue weighted by Gasteiger charge is -2.28. The van der Waals surface area contributed by atoms with Gasteiger partial charge in [0, 0.05) is 20.2 Å². The van der Waals surface area contributed by atoms with Crippen molar-refractivity contribution in [3.63, 3.8) is 0 Å². The van der Waals surface area contributed by atoms with E-state index in [1.807, 2.05) is 53.4 Å². The van der Waals surface area contributed by atoms with Crippen LogP contribution >= 0.6 is 0 Å². The topological polar surface area (TPSA) is 74.3 Å². The van der Waals surface area contributed by atoms with Gasteiger partial charge in [-0.2, -0.15) is 0 Å². The highest BCUT2D eigenvalue weighted by molar-refractivity contribution is 5.82. The molecule has 0 aliphatic rings. The van der Waals surface area contributed by atoms with Gasteiger partial charge in [0.15, 0.2) is 11.7 Å². The van der Waals surface area contributed by atoms with Gasteiger partial charge in [-0.25, -0.2) is 4.79 Å². The summed E-state index contributed by atoms with van der Waals surface area (Å²) in [5, 5.41) is 0. The largest absolute Gasteiger partial charge is 0.497 e. The van der Waals surface area contributed by atoms with E-state index >= 15 is 0 Å². The fourth-order valence-electron chi connectivity index (χ4n) is 4.02. The highest BCUT2D eigenvalue weighted by atomic mass is 16.6. The minimum absolute atomic E-state index is 0.0769. The molecule has 0 radical (unpaired) electrons. The van der Waals surface area contributed by atoms with Crippen LogP contribution in [0.25, 0.3) is 0 Å². The Morgan fingerprint density at radius 3 is 2.05 bits per heavy atom. The lowest BCUT2D eigenvalue weighted by Crippen LogP contribution is -2.39. The zero-order valence-electron chi connectivity index (χ0n) is 23.2. The van der Waals surface area contributed by atoms with Gasteiger partial charge in [0.1, 0.15) is 11.5 Å². The summed E-state index contributed by atoms with van der Waals surface area (Å²) in [7, 11) is 3.17. The first-order chi connectivity index (χ1) is 17.7. The Labute approximate surface area is 222 Å². The monoisotopic (exact) mass is 513 g/mol. The third-order valence-electron chi connectivity index (χ3n) is 6.16. The van der Waals surface area contributed by atoms with E-state index < -0.39 is 17.7 Å². The van der Waals surface area contributed by atoms with Crippen LogP contribution in [0.15, 0.2) is 48.5 Å². The Morgan fingerprint density at radius 2 is 1.49 bits per heavy atom. The summed E-state index contributed by atoms with van der Waals surface area (Å²) < 4.78 is 21.9. The molecule has 0 saturated heterocycles. The van der Waals surface area contributed by atoms with Crippen molar-refractivity contribution in [2.45, 2.75) is 78.0 Å². The number of rotatable bonds is 16. The van der Waals surface area contributed by atoms with E-state index in [1.54, 1.807) is 35.0 Å². The molecule has 0 N–H and O–H groups in total. The molecule has 0 aromatic heterocycles. The number of methoxy groups -OCH3 is 2. The molecular formula is C30H43NO6. The Kier molecular flexibility index (Phi) is 12.4. The van der Waals surface area contributed by atoms with E-state index in [0.717, 1.165) is 36.1 Å². The highest BCUT2D eigenvalue weighted by Crippen LogP contribution is 2.25. The van der Waals surface area contributed by atoms with Crippen molar-refractivity contribution in [3.8, 4) is 11.5 Å². The fourth-order valence-corrected chi connectivity index (χ4v) is 4.02. The van der Waals surface area contributed by atoms with Crippen LogP contribution in [0, 0.1) is 0 Å². The zero-order chi connectivity index (χ0) is 27.3. The van der Waals surface area contributed by atoms with Gasteiger partial charge in [0.25, 0.3) is 5.91 Å². The van der Waals surface area contributed by atoms with Crippen molar-refractivity contribution in [2.24, 2.45) is 0 Å². The zero-order valence-corrected chi connectivity index (χ0v) is 23.2. The van der Waals surface area contributed by atoms with E-state index in [1.165, 1.54) is 12.8 Å². The molecule has 1 unspecified atom stereocenters. The van der Waals surface area contributed by atoms with Gasteiger partial charge in [0.2, 0.25) is 0 Å². The minimum Gasteiger partial charge on any atom is -0.497 e. The SMILES string of the molecule is CCCCCCCN(Cc1ccc(OC(C)(C)C(=O)OCC)cc1)C(=O)C(OC)c1ccc(OC)cc1. The summed E-state index contributed by atoms with van der Waals surface area (Å²) in [5.74, 6) is 0.800. The van der Waals surface area contributed by atoms with Gasteiger partial charge < -0.3 is 23.8 Å². The van der Waals surface area contributed by atoms with Crippen molar-refractivity contribution in [1.29, 1.82) is 0 Å². The molecule has 7 nitrogen and oxygen atoms in total. The molecule has 204 valence electrons. The number of carbonyl (C=O) groups is 2. The molecule has 1 amide bonds. The van der Waals surface area contributed by atoms with E-state index in [9.17, 15) is 9.59 Å². The summed E-state index contributed by atoms with van der Waals surface area (Å²) in [6, 6.07) is 14.9. The smallest absolute Gasteiger partial charge is 0.349 e. The standard InChI is InChI=1S/C30H43NO6/c1-7-9-10-11-12-21-31(28(32)27(35-6)24-15-19-25(34-5)20-16-24)22-23-13-17-26(18-14-23)37-30(3,4)29(33)36-8-2/h13-20,27H,7-12,21-22H2,1-6H3. The van der Waals surface area contributed by atoms with Crippen molar-refractivity contribution in [1.82, 2.24) is 4.90 Å². The lowest BCUT2D eigenvalue weighted by atomic mass is 10.1. The van der Waals surface area contributed by atoms with Crippen LogP contribution < -0.4 is 9.47 Å².